The summed E-state index contributed by atoms with van der Waals surface area (Å²) in [6, 6.07) is 5.72. The molecule has 2 rings (SSSR count). The van der Waals surface area contributed by atoms with Crippen LogP contribution >= 0.6 is 12.2 Å². The van der Waals surface area contributed by atoms with Crippen molar-refractivity contribution in [3.05, 3.63) is 43.0 Å². The Kier molecular flexibility index (Phi) is 8.71. The van der Waals surface area contributed by atoms with Gasteiger partial charge >= 0.3 is 0 Å². The van der Waals surface area contributed by atoms with E-state index in [1.165, 1.54) is 0 Å². The Balaban J connectivity index is 0.000000202. The zero-order chi connectivity index (χ0) is 11.4. The Morgan fingerprint density at radius 1 is 1.07 bits per heavy atom. The highest BCUT2D eigenvalue weighted by Crippen LogP contribution is 1.73. The molecule has 0 radical (unpaired) electrons. The van der Waals surface area contributed by atoms with Crippen LogP contribution in [-0.4, -0.2) is 25.5 Å². The molecule has 0 fully saturated rings. The highest BCUT2D eigenvalue weighted by Gasteiger charge is 1.58. The summed E-state index contributed by atoms with van der Waals surface area (Å²) in [5, 5.41) is 9.26. The first kappa shape index (κ1) is 13.0. The fraction of sp³-hybridized carbons (Fsp3) is 0. The lowest BCUT2D eigenvalue weighted by atomic mass is 10.5. The van der Waals surface area contributed by atoms with Gasteiger partial charge in [0.1, 0.15) is 0 Å². The standard InChI is InChI=1S/C5H5N.C2H3N3.CH4N2S/c1-2-4-6-5-3-1;1-2-4-5-3-1;2-1(3)4/h1-5H;1-2H,(H,3,4,5);(H4,2,3,4). The maximum absolute atomic E-state index is 4.62. The van der Waals surface area contributed by atoms with Gasteiger partial charge in [-0.1, -0.05) is 11.3 Å². The van der Waals surface area contributed by atoms with E-state index >= 15 is 0 Å². The third-order valence-electron chi connectivity index (χ3n) is 0.898. The fourth-order valence-corrected chi connectivity index (χ4v) is 0.479. The molecule has 15 heavy (non-hydrogen) atoms. The second-order valence-electron chi connectivity index (χ2n) is 2.09. The minimum absolute atomic E-state index is 0.000000000000000222. The average Bonchev–Trinajstić information content (AvgIpc) is 2.77. The van der Waals surface area contributed by atoms with E-state index in [2.05, 4.69) is 44.1 Å². The molecule has 0 saturated heterocycles. The number of nitrogens with one attached hydrogen (secondary N) is 1. The lowest BCUT2D eigenvalue weighted by Crippen LogP contribution is -2.18. The van der Waals surface area contributed by atoms with E-state index in [1.54, 1.807) is 24.8 Å². The zero-order valence-electron chi connectivity index (χ0n) is 7.95. The number of rotatable bonds is 0. The first-order valence-corrected chi connectivity index (χ1v) is 4.34. The summed E-state index contributed by atoms with van der Waals surface area (Å²) in [6.07, 6.45) is 6.74. The highest BCUT2D eigenvalue weighted by molar-refractivity contribution is 7.80. The van der Waals surface area contributed by atoms with Crippen molar-refractivity contribution in [2.24, 2.45) is 11.5 Å². The van der Waals surface area contributed by atoms with Gasteiger partial charge in [-0.15, -0.1) is 5.10 Å². The summed E-state index contributed by atoms with van der Waals surface area (Å²) < 4.78 is 0. The number of thiocarbonyl (C=S) groups is 1. The van der Waals surface area contributed by atoms with Gasteiger partial charge < -0.3 is 11.5 Å². The van der Waals surface area contributed by atoms with Gasteiger partial charge in [0.2, 0.25) is 0 Å². The van der Waals surface area contributed by atoms with E-state index in [1.807, 2.05) is 18.2 Å². The summed E-state index contributed by atoms with van der Waals surface area (Å²) in [7, 11) is 0. The van der Waals surface area contributed by atoms with E-state index in [9.17, 15) is 0 Å². The average molecular weight is 224 g/mol. The smallest absolute Gasteiger partial charge is 0.160 e. The van der Waals surface area contributed by atoms with Crippen LogP contribution < -0.4 is 11.5 Å². The van der Waals surface area contributed by atoms with E-state index in [-0.39, 0.29) is 5.11 Å². The van der Waals surface area contributed by atoms with Crippen molar-refractivity contribution in [2.75, 3.05) is 0 Å². The molecular weight excluding hydrogens is 212 g/mol. The van der Waals surface area contributed by atoms with Crippen molar-refractivity contribution in [3.63, 3.8) is 0 Å². The minimum Gasteiger partial charge on any atom is -0.377 e. The molecule has 0 atom stereocenters. The van der Waals surface area contributed by atoms with Gasteiger partial charge in [-0.25, -0.2) is 0 Å². The van der Waals surface area contributed by atoms with E-state index in [0.717, 1.165) is 0 Å². The second-order valence-corrected chi connectivity index (χ2v) is 2.56. The molecule has 0 amide bonds. The van der Waals surface area contributed by atoms with Crippen molar-refractivity contribution in [2.45, 2.75) is 0 Å². The number of hydrogen-bond acceptors (Lipinski definition) is 4. The summed E-state index contributed by atoms with van der Waals surface area (Å²) >= 11 is 4.09. The van der Waals surface area contributed by atoms with Gasteiger partial charge in [-0.05, 0) is 24.4 Å². The minimum atomic E-state index is 0.000000000000000222. The van der Waals surface area contributed by atoms with Crippen LogP contribution in [0, 0.1) is 0 Å². The predicted octanol–water partition coefficient (Wildman–Crippen LogP) is 0.0750. The van der Waals surface area contributed by atoms with Gasteiger partial charge in [0.25, 0.3) is 0 Å². The number of hydrogen-bond donors (Lipinski definition) is 3. The number of nitrogens with two attached hydrogens (primary N) is 2. The largest absolute Gasteiger partial charge is 0.377 e. The Morgan fingerprint density at radius 2 is 1.67 bits per heavy atom. The van der Waals surface area contributed by atoms with Crippen molar-refractivity contribution in [1.29, 1.82) is 0 Å². The maximum atomic E-state index is 4.62. The Morgan fingerprint density at radius 3 is 1.80 bits per heavy atom. The quantitative estimate of drug-likeness (QED) is 0.547. The van der Waals surface area contributed by atoms with Crippen LogP contribution in [0.2, 0.25) is 0 Å². The molecule has 80 valence electrons. The number of aromatic amines is 1. The van der Waals surface area contributed by atoms with Gasteiger partial charge in [-0.2, -0.15) is 0 Å². The SMILES string of the molecule is NC(N)=S.c1c[nH]nn1.c1ccncc1. The molecule has 0 aliphatic carbocycles. The monoisotopic (exact) mass is 224 g/mol. The maximum Gasteiger partial charge on any atom is 0.160 e. The first-order valence-electron chi connectivity index (χ1n) is 3.94. The Labute approximate surface area is 92.7 Å². The van der Waals surface area contributed by atoms with Crippen LogP contribution in [0.15, 0.2) is 43.0 Å². The van der Waals surface area contributed by atoms with E-state index < -0.39 is 0 Å². The van der Waals surface area contributed by atoms with Crippen LogP contribution in [0.25, 0.3) is 0 Å². The molecule has 0 aliphatic heterocycles. The van der Waals surface area contributed by atoms with Crippen molar-refractivity contribution in [3.8, 4) is 0 Å². The molecule has 2 heterocycles. The summed E-state index contributed by atoms with van der Waals surface area (Å²) in [5.74, 6) is 0. The fourth-order valence-electron chi connectivity index (χ4n) is 0.479. The lowest BCUT2D eigenvalue weighted by molar-refractivity contribution is 0.940. The van der Waals surface area contributed by atoms with Crippen molar-refractivity contribution in [1.82, 2.24) is 20.4 Å². The van der Waals surface area contributed by atoms with E-state index in [0.29, 0.717) is 0 Å². The van der Waals surface area contributed by atoms with Crippen LogP contribution in [0.3, 0.4) is 0 Å². The van der Waals surface area contributed by atoms with Crippen LogP contribution in [-0.2, 0) is 0 Å². The van der Waals surface area contributed by atoms with Gasteiger partial charge in [-0.3, -0.25) is 10.1 Å². The summed E-state index contributed by atoms with van der Waals surface area (Å²) in [5.41, 5.74) is 9.24. The summed E-state index contributed by atoms with van der Waals surface area (Å²) in [6.45, 7) is 0. The molecule has 0 aromatic carbocycles. The number of pyridine rings is 1. The number of aromatic nitrogens is 4. The third kappa shape index (κ3) is 14.8. The second kappa shape index (κ2) is 10.1. The van der Waals surface area contributed by atoms with Crippen LogP contribution in [0.5, 0.6) is 0 Å². The molecule has 0 aliphatic rings. The zero-order valence-corrected chi connectivity index (χ0v) is 8.76. The predicted molar refractivity (Wildman–Crippen MR) is 61.6 cm³/mol. The molecule has 0 bridgehead atoms. The van der Waals surface area contributed by atoms with Crippen molar-refractivity contribution >= 4 is 17.3 Å². The van der Waals surface area contributed by atoms with Gasteiger partial charge in [0, 0.05) is 18.6 Å². The Bertz CT molecular complexity index is 274. The molecule has 0 spiro atoms. The number of H-pyrrole nitrogens is 1. The molecule has 0 saturated carbocycles. The molecule has 2 aromatic heterocycles. The number of nitrogens with zero attached hydrogens (tertiary/aromatic N) is 3. The highest BCUT2D eigenvalue weighted by atomic mass is 32.1. The van der Waals surface area contributed by atoms with Gasteiger partial charge in [0.15, 0.2) is 5.11 Å². The van der Waals surface area contributed by atoms with Gasteiger partial charge in [0.05, 0.1) is 6.20 Å². The first-order chi connectivity index (χ1) is 7.23. The van der Waals surface area contributed by atoms with Crippen LogP contribution in [0.4, 0.5) is 0 Å². The topological polar surface area (TPSA) is 106 Å². The molecule has 0 unspecified atom stereocenters. The molecule has 2 aromatic rings. The van der Waals surface area contributed by atoms with E-state index in [4.69, 9.17) is 0 Å². The molecule has 7 heteroatoms. The lowest BCUT2D eigenvalue weighted by Gasteiger charge is -1.70. The molecule has 6 nitrogen and oxygen atoms in total. The molecule has 5 N–H and O–H groups in total. The third-order valence-corrected chi connectivity index (χ3v) is 0.898. The van der Waals surface area contributed by atoms with Crippen molar-refractivity contribution < 1.29 is 0 Å². The Hall–Kier alpha value is -2.02. The summed E-state index contributed by atoms with van der Waals surface area (Å²) in [4.78, 5) is 3.78. The normalized spacial score (nSPS) is 7.47. The van der Waals surface area contributed by atoms with Crippen LogP contribution in [0.1, 0.15) is 0 Å². The molecular formula is C8H12N6S.